The van der Waals surface area contributed by atoms with E-state index in [9.17, 15) is 25.9 Å². The van der Waals surface area contributed by atoms with Gasteiger partial charge in [0.2, 0.25) is 0 Å². The average molecular weight is 197 g/mol. The fraction of sp³-hybridized carbons (Fsp3) is 0.500. The minimum Gasteiger partial charge on any atom is -0.273 e. The molecule has 8 heteroatoms. The van der Waals surface area contributed by atoms with Gasteiger partial charge in [0.25, 0.3) is 0 Å². The summed E-state index contributed by atoms with van der Waals surface area (Å²) in [7, 11) is -6.22. The predicted molar refractivity (Wildman–Crippen MR) is 25.8 cm³/mol. The van der Waals surface area contributed by atoms with Gasteiger partial charge in [0.05, 0.1) is 0 Å². The molecule has 0 aromatic heterocycles. The van der Waals surface area contributed by atoms with E-state index in [1.54, 1.807) is 0 Å². The van der Waals surface area contributed by atoms with Crippen molar-refractivity contribution in [2.45, 2.75) is 5.25 Å². The first-order chi connectivity index (χ1) is 4.19. The maximum absolute atomic E-state index is 11.6. The number of hydrogen-bond donors (Lipinski definition) is 0. The van der Waals surface area contributed by atoms with Crippen LogP contribution >= 0.6 is 11.6 Å². The van der Waals surface area contributed by atoms with Gasteiger partial charge < -0.3 is 0 Å². The third kappa shape index (κ3) is 1.60. The van der Waals surface area contributed by atoms with Gasteiger partial charge in [-0.2, -0.15) is 17.2 Å². The zero-order valence-electron chi connectivity index (χ0n) is 4.14. The van der Waals surface area contributed by atoms with Gasteiger partial charge in [-0.05, 0) is 11.6 Å². The Morgan fingerprint density at radius 1 is 1.40 bits per heavy atom. The Labute approximate surface area is 59.0 Å². The first-order valence-corrected chi connectivity index (χ1v) is 3.47. The molecule has 0 radical (unpaired) electrons. The molecule has 0 bridgehead atoms. The van der Waals surface area contributed by atoms with E-state index in [-0.39, 0.29) is 0 Å². The Balaban J connectivity index is 4.95. The molecule has 0 amide bonds. The van der Waals surface area contributed by atoms with Crippen molar-refractivity contribution >= 4 is 27.1 Å². The summed E-state index contributed by atoms with van der Waals surface area (Å²) in [5.41, 5.74) is 0. The van der Waals surface area contributed by atoms with E-state index < -0.39 is 20.7 Å². The van der Waals surface area contributed by atoms with E-state index in [0.29, 0.717) is 0 Å². The molecule has 0 saturated heterocycles. The van der Waals surface area contributed by atoms with E-state index in [2.05, 4.69) is 11.6 Å². The summed E-state index contributed by atoms with van der Waals surface area (Å²) in [4.78, 5) is 9.51. The maximum atomic E-state index is 11.6. The molecular formula is C2ClF3O3S. The van der Waals surface area contributed by atoms with Crippen LogP contribution in [0.1, 0.15) is 0 Å². The molecule has 10 heavy (non-hydrogen) atoms. The molecular weight excluding hydrogens is 197 g/mol. The summed E-state index contributed by atoms with van der Waals surface area (Å²) in [5, 5.41) is -7.69. The molecule has 0 N–H and O–H groups in total. The standard InChI is InChI=1S/C2ClF3O3S/c3-1(7)2(4,5)10(6,8)9. The fourth-order valence-electron chi connectivity index (χ4n) is 0.0958. The number of carbonyl (C=O) groups excluding carboxylic acids is 1. The van der Waals surface area contributed by atoms with Gasteiger partial charge >= 0.3 is 20.7 Å². The van der Waals surface area contributed by atoms with Gasteiger partial charge in [0, 0.05) is 0 Å². The Hall–Kier alpha value is -0.300. The van der Waals surface area contributed by atoms with Crippen LogP contribution in [0.4, 0.5) is 12.7 Å². The van der Waals surface area contributed by atoms with Crippen LogP contribution in [0.15, 0.2) is 0 Å². The lowest BCUT2D eigenvalue weighted by atomic mass is 10.8. The molecule has 0 aliphatic heterocycles. The summed E-state index contributed by atoms with van der Waals surface area (Å²) in [6.45, 7) is 0. The van der Waals surface area contributed by atoms with Gasteiger partial charge in [-0.25, -0.2) is 0 Å². The van der Waals surface area contributed by atoms with Crippen LogP contribution < -0.4 is 0 Å². The van der Waals surface area contributed by atoms with Crippen LogP contribution in [0.3, 0.4) is 0 Å². The van der Waals surface area contributed by atoms with Crippen LogP contribution in [0, 0.1) is 0 Å². The number of rotatable bonds is 2. The molecule has 60 valence electrons. The van der Waals surface area contributed by atoms with Crippen molar-refractivity contribution in [3.8, 4) is 0 Å². The van der Waals surface area contributed by atoms with Crippen molar-refractivity contribution in [3.05, 3.63) is 0 Å². The van der Waals surface area contributed by atoms with Crippen LogP contribution in [0.2, 0.25) is 0 Å². The lowest BCUT2D eigenvalue weighted by Crippen LogP contribution is -2.31. The Morgan fingerprint density at radius 3 is 1.70 bits per heavy atom. The van der Waals surface area contributed by atoms with Gasteiger partial charge in [-0.3, -0.25) is 4.79 Å². The zero-order valence-corrected chi connectivity index (χ0v) is 5.72. The Morgan fingerprint density at radius 2 is 1.70 bits per heavy atom. The smallest absolute Gasteiger partial charge is 0.273 e. The van der Waals surface area contributed by atoms with Gasteiger partial charge in [-0.1, -0.05) is 3.89 Å². The highest BCUT2D eigenvalue weighted by Crippen LogP contribution is 2.25. The summed E-state index contributed by atoms with van der Waals surface area (Å²) in [6, 6.07) is 0. The third-order valence-electron chi connectivity index (χ3n) is 0.535. The van der Waals surface area contributed by atoms with Gasteiger partial charge in [0.1, 0.15) is 0 Å². The second kappa shape index (κ2) is 2.39. The number of hydrogen-bond acceptors (Lipinski definition) is 3. The molecule has 0 aliphatic rings. The quantitative estimate of drug-likeness (QED) is 0.609. The maximum Gasteiger partial charge on any atom is 0.446 e. The topological polar surface area (TPSA) is 51.2 Å². The molecule has 0 fully saturated rings. The minimum absolute atomic E-state index is 2.56. The first kappa shape index (κ1) is 9.70. The molecule has 0 aromatic carbocycles. The largest absolute Gasteiger partial charge is 0.446 e. The highest BCUT2D eigenvalue weighted by Gasteiger charge is 2.52. The van der Waals surface area contributed by atoms with Crippen LogP contribution in [0.25, 0.3) is 0 Å². The molecule has 0 heterocycles. The summed E-state index contributed by atoms with van der Waals surface area (Å²) < 4.78 is 53.3. The molecule has 0 spiro atoms. The van der Waals surface area contributed by atoms with Crippen molar-refractivity contribution in [1.29, 1.82) is 0 Å². The molecule has 0 saturated carbocycles. The molecule has 0 atom stereocenters. The third-order valence-corrected chi connectivity index (χ3v) is 1.68. The summed E-state index contributed by atoms with van der Waals surface area (Å²) in [6.07, 6.45) is 0. The second-order valence-electron chi connectivity index (χ2n) is 1.23. The van der Waals surface area contributed by atoms with Crippen LogP contribution in [-0.4, -0.2) is 18.9 Å². The molecule has 3 nitrogen and oxygen atoms in total. The van der Waals surface area contributed by atoms with E-state index in [1.807, 2.05) is 0 Å². The predicted octanol–water partition coefficient (Wildman–Crippen LogP) is 0.644. The van der Waals surface area contributed by atoms with Crippen LogP contribution in [-0.2, 0) is 15.0 Å². The van der Waals surface area contributed by atoms with Crippen molar-refractivity contribution in [2.75, 3.05) is 0 Å². The summed E-state index contributed by atoms with van der Waals surface area (Å²) in [5.74, 6) is 0. The SMILES string of the molecule is O=C(Cl)C(F)(F)S(=O)(=O)F. The Bertz CT molecular complexity index is 244. The lowest BCUT2D eigenvalue weighted by molar-refractivity contribution is -0.124. The average Bonchev–Trinajstić information content (AvgIpc) is 1.62. The molecule has 0 aromatic rings. The zero-order chi connectivity index (χ0) is 8.58. The van der Waals surface area contributed by atoms with Gasteiger partial charge in [0.15, 0.2) is 0 Å². The van der Waals surface area contributed by atoms with Gasteiger partial charge in [-0.15, -0.1) is 0 Å². The first-order valence-electron chi connectivity index (χ1n) is 1.71. The number of alkyl halides is 2. The van der Waals surface area contributed by atoms with E-state index in [4.69, 9.17) is 0 Å². The Kier molecular flexibility index (Phi) is 2.32. The fourth-order valence-corrected chi connectivity index (χ4v) is 0.564. The van der Waals surface area contributed by atoms with Crippen molar-refractivity contribution in [3.63, 3.8) is 0 Å². The highest BCUT2D eigenvalue weighted by molar-refractivity contribution is 7.88. The molecule has 0 aliphatic carbocycles. The van der Waals surface area contributed by atoms with E-state index >= 15 is 0 Å². The normalized spacial score (nSPS) is 13.2. The highest BCUT2D eigenvalue weighted by atomic mass is 35.5. The number of halogens is 4. The molecule has 0 rings (SSSR count). The van der Waals surface area contributed by atoms with E-state index in [0.717, 1.165) is 0 Å². The number of carbonyl (C=O) groups is 1. The van der Waals surface area contributed by atoms with Crippen molar-refractivity contribution in [2.24, 2.45) is 0 Å². The van der Waals surface area contributed by atoms with Crippen LogP contribution in [0.5, 0.6) is 0 Å². The minimum atomic E-state index is -6.22. The van der Waals surface area contributed by atoms with Crippen molar-refractivity contribution in [1.82, 2.24) is 0 Å². The molecule has 0 unspecified atom stereocenters. The van der Waals surface area contributed by atoms with E-state index in [1.165, 1.54) is 0 Å². The van der Waals surface area contributed by atoms with Crippen molar-refractivity contribution < 1.29 is 25.9 Å². The summed E-state index contributed by atoms with van der Waals surface area (Å²) >= 11 is 4.05. The second-order valence-corrected chi connectivity index (χ2v) is 2.96. The monoisotopic (exact) mass is 196 g/mol. The lowest BCUT2D eigenvalue weighted by Gasteiger charge is -2.02.